The van der Waals surface area contributed by atoms with Gasteiger partial charge in [0.2, 0.25) is 0 Å². The van der Waals surface area contributed by atoms with E-state index in [0.29, 0.717) is 17.3 Å². The monoisotopic (exact) mass is 717 g/mol. The van der Waals surface area contributed by atoms with Gasteiger partial charge in [-0.2, -0.15) is 4.98 Å². The summed E-state index contributed by atoms with van der Waals surface area (Å²) < 4.78 is 12.3. The Morgan fingerprint density at radius 2 is 1.61 bits per heavy atom. The summed E-state index contributed by atoms with van der Waals surface area (Å²) in [5.41, 5.74) is 3.85. The van der Waals surface area contributed by atoms with Gasteiger partial charge in [0, 0.05) is 28.2 Å². The van der Waals surface area contributed by atoms with Crippen molar-refractivity contribution in [2.45, 2.75) is 26.2 Å². The fraction of sp³-hybridized carbons (Fsp3) is 0.152. The van der Waals surface area contributed by atoms with Gasteiger partial charge >= 0.3 is 38.7 Å². The molecule has 0 bridgehead atoms. The number of hydrogen-bond acceptors (Lipinski definition) is 4. The first-order valence-corrected chi connectivity index (χ1v) is 13.1. The Morgan fingerprint density at radius 3 is 2.39 bits per heavy atom. The molecule has 41 heavy (non-hydrogen) atoms. The zero-order valence-electron chi connectivity index (χ0n) is 23.0. The van der Waals surface area contributed by atoms with E-state index in [4.69, 9.17) is 4.74 Å². The number of ether oxygens (including phenoxy) is 1. The minimum absolute atomic E-state index is 0. The molecule has 0 saturated heterocycles. The molecule has 0 radical (unpaired) electrons. The maximum atomic E-state index is 6.46. The minimum atomic E-state index is -0.122. The smallest absolute Gasteiger partial charge is 0.509 e. The average Bonchev–Trinajstić information content (AvgIpc) is 3.48. The molecule has 0 spiro atoms. The molecule has 8 heteroatoms. The van der Waals surface area contributed by atoms with Crippen molar-refractivity contribution in [2.24, 2.45) is 0 Å². The quantitative estimate of drug-likeness (QED) is 0.146. The van der Waals surface area contributed by atoms with Crippen molar-refractivity contribution in [3.05, 3.63) is 103 Å². The molecule has 4 heterocycles. The summed E-state index contributed by atoms with van der Waals surface area (Å²) >= 11 is 0. The van der Waals surface area contributed by atoms with Gasteiger partial charge < -0.3 is 9.30 Å². The molecule has 0 saturated carbocycles. The molecule has 0 aliphatic carbocycles. The van der Waals surface area contributed by atoms with Crippen LogP contribution in [-0.2, 0) is 26.5 Å². The fourth-order valence-electron chi connectivity index (χ4n) is 5.07. The molecule has 1 aliphatic heterocycles. The van der Waals surface area contributed by atoms with Gasteiger partial charge in [-0.15, -0.1) is 45.0 Å². The minimum Gasteiger partial charge on any atom is -0.509 e. The largest absolute Gasteiger partial charge is 2.00 e. The summed E-state index contributed by atoms with van der Waals surface area (Å²) in [6, 6.07) is 32.5. The van der Waals surface area contributed by atoms with Crippen LogP contribution in [0, 0.1) is 12.1 Å². The molecule has 0 unspecified atom stereocenters. The molecule has 7 rings (SSSR count). The molecule has 0 N–H and O–H groups in total. The summed E-state index contributed by atoms with van der Waals surface area (Å²) in [6.45, 7) is 6.54. The molecule has 202 valence electrons. The second kappa shape index (κ2) is 10.2. The molecule has 0 atom stereocenters. The Balaban J connectivity index is 0.00000302. The zero-order chi connectivity index (χ0) is 27.4. The third-order valence-electron chi connectivity index (χ3n) is 7.05. The topological polar surface area (TPSA) is 58.9 Å². The number of benzene rings is 3. The van der Waals surface area contributed by atoms with E-state index in [9.17, 15) is 0 Å². The number of hydrogen-bond donors (Lipinski definition) is 0. The Hall–Kier alpha value is -4.44. The predicted molar refractivity (Wildman–Crippen MR) is 156 cm³/mol. The van der Waals surface area contributed by atoms with E-state index in [1.54, 1.807) is 12.4 Å². The third kappa shape index (κ3) is 4.67. The van der Waals surface area contributed by atoms with Crippen LogP contribution in [0.4, 0.5) is 17.3 Å². The van der Waals surface area contributed by atoms with E-state index in [-0.39, 0.29) is 26.5 Å². The summed E-state index contributed by atoms with van der Waals surface area (Å²) in [5.74, 6) is 3.50. The van der Waals surface area contributed by atoms with Crippen LogP contribution in [0.1, 0.15) is 26.3 Å². The van der Waals surface area contributed by atoms with E-state index < -0.39 is 0 Å². The number of para-hydroxylation sites is 1. The maximum absolute atomic E-state index is 6.46. The van der Waals surface area contributed by atoms with E-state index in [1.165, 1.54) is 0 Å². The summed E-state index contributed by atoms with van der Waals surface area (Å²) in [6.07, 6.45) is 5.17. The molecule has 6 aromatic rings. The first-order valence-electron chi connectivity index (χ1n) is 13.1. The van der Waals surface area contributed by atoms with Gasteiger partial charge in [-0.1, -0.05) is 62.0 Å². The van der Waals surface area contributed by atoms with E-state index in [2.05, 4.69) is 82.7 Å². The third-order valence-corrected chi connectivity index (χ3v) is 7.05. The number of pyridine rings is 1. The number of rotatable bonds is 4. The second-order valence-corrected chi connectivity index (χ2v) is 10.8. The standard InChI is InChI=1S/C33H26N6O.Pt/c1-33(2,3)22-17-23(38-21-37(4)31-32(38)36-16-15-35-31)19-25(18-22)40-24-12-13-29-27(20-24)26-9-5-6-10-28(26)39(29)30-11-7-8-14-34-30;/h5-11,13-18,20H,1-4H3;/q;+2. The summed E-state index contributed by atoms with van der Waals surface area (Å²) in [7, 11) is 1.91. The number of fused-ring (bicyclic) bond motifs is 4. The van der Waals surface area contributed by atoms with Crippen molar-refractivity contribution >= 4 is 45.1 Å². The van der Waals surface area contributed by atoms with Crippen molar-refractivity contribution in [1.82, 2.24) is 24.1 Å². The maximum Gasteiger partial charge on any atom is 2.00 e. The van der Waals surface area contributed by atoms with Gasteiger partial charge in [0.25, 0.3) is 0 Å². The van der Waals surface area contributed by atoms with Crippen LogP contribution in [0.25, 0.3) is 27.6 Å². The van der Waals surface area contributed by atoms with Crippen LogP contribution in [0.3, 0.4) is 0 Å². The van der Waals surface area contributed by atoms with E-state index in [0.717, 1.165) is 44.7 Å². The van der Waals surface area contributed by atoms with Gasteiger partial charge in [-0.05, 0) is 29.0 Å². The molecule has 3 aromatic heterocycles. The van der Waals surface area contributed by atoms with Crippen molar-refractivity contribution in [3.8, 4) is 17.3 Å². The molecular weight excluding hydrogens is 691 g/mol. The van der Waals surface area contributed by atoms with Crippen LogP contribution in [0.15, 0.2) is 85.3 Å². The van der Waals surface area contributed by atoms with Gasteiger partial charge in [0.1, 0.15) is 12.9 Å². The first-order chi connectivity index (χ1) is 19.4. The van der Waals surface area contributed by atoms with E-state index >= 15 is 0 Å². The van der Waals surface area contributed by atoms with Crippen LogP contribution >= 0.6 is 0 Å². The van der Waals surface area contributed by atoms with E-state index in [1.807, 2.05) is 64.9 Å². The van der Waals surface area contributed by atoms with Crippen LogP contribution < -0.4 is 9.31 Å². The Labute approximate surface area is 252 Å². The Bertz CT molecular complexity index is 2020. The van der Waals surface area contributed by atoms with Crippen molar-refractivity contribution in [1.29, 1.82) is 0 Å². The number of nitrogens with zero attached hydrogens (tertiary/aromatic N) is 6. The normalized spacial score (nSPS) is 12.6. The van der Waals surface area contributed by atoms with Crippen molar-refractivity contribution in [3.63, 3.8) is 0 Å². The average molecular weight is 718 g/mol. The molecule has 3 aromatic carbocycles. The summed E-state index contributed by atoms with van der Waals surface area (Å²) in [4.78, 5) is 13.6. The molecule has 1 aliphatic rings. The number of aromatic nitrogens is 4. The molecule has 7 nitrogen and oxygen atoms in total. The molecule has 0 amide bonds. The second-order valence-electron chi connectivity index (χ2n) is 10.8. The summed E-state index contributed by atoms with van der Waals surface area (Å²) in [5, 5.41) is 2.18. The van der Waals surface area contributed by atoms with Crippen LogP contribution in [0.5, 0.6) is 11.5 Å². The Morgan fingerprint density at radius 1 is 0.829 bits per heavy atom. The molecule has 0 fully saturated rings. The van der Waals surface area contributed by atoms with Gasteiger partial charge in [-0.25, -0.2) is 4.98 Å². The van der Waals surface area contributed by atoms with Gasteiger partial charge in [-0.3, -0.25) is 0 Å². The fourth-order valence-corrected chi connectivity index (χ4v) is 5.07. The van der Waals surface area contributed by atoms with Crippen molar-refractivity contribution < 1.29 is 30.4 Å². The van der Waals surface area contributed by atoms with Gasteiger partial charge in [0.05, 0.1) is 11.9 Å². The Kier molecular flexibility index (Phi) is 6.65. The van der Waals surface area contributed by atoms with Crippen LogP contribution in [-0.4, -0.2) is 37.2 Å². The SMILES string of the molecule is C[N+]1=C=[N+](c2[c-]c(Oc3[c-]cc4c(c3)c3ccccc3n4-c3ccccn3)cc(C(C)(C)C)c2)c2nccnc21.[Pt+2]. The zero-order valence-corrected chi connectivity index (χ0v) is 25.3. The van der Waals surface area contributed by atoms with Crippen molar-refractivity contribution in [2.75, 3.05) is 7.05 Å². The van der Waals surface area contributed by atoms with Crippen LogP contribution in [0.2, 0.25) is 0 Å². The predicted octanol–water partition coefficient (Wildman–Crippen LogP) is 6.95. The first kappa shape index (κ1) is 26.8. The molecular formula is C33H26N6OPt+2. The van der Waals surface area contributed by atoms with Gasteiger partial charge in [0.15, 0.2) is 6.20 Å².